The van der Waals surface area contributed by atoms with Gasteiger partial charge in [-0.15, -0.1) is 0 Å². The van der Waals surface area contributed by atoms with Gasteiger partial charge in [0.15, 0.2) is 11.5 Å². The molecule has 2 aromatic rings. The van der Waals surface area contributed by atoms with Crippen LogP contribution in [-0.2, 0) is 22.6 Å². The second-order valence-corrected chi connectivity index (χ2v) is 6.68. The van der Waals surface area contributed by atoms with Crippen molar-refractivity contribution in [1.29, 1.82) is 0 Å². The molecule has 1 fully saturated rings. The highest BCUT2D eigenvalue weighted by Crippen LogP contribution is 2.36. The van der Waals surface area contributed by atoms with Gasteiger partial charge in [0.05, 0.1) is 7.11 Å². The molecule has 1 aromatic carbocycles. The van der Waals surface area contributed by atoms with Gasteiger partial charge in [0.2, 0.25) is 6.79 Å². The maximum absolute atomic E-state index is 11.9. The van der Waals surface area contributed by atoms with Gasteiger partial charge in [0.1, 0.15) is 12.4 Å². The number of hydrogen-bond donors (Lipinski definition) is 0. The molecule has 0 N–H and O–H groups in total. The van der Waals surface area contributed by atoms with Crippen molar-refractivity contribution >= 4 is 11.8 Å². The average Bonchev–Trinajstić information content (AvgIpc) is 3.20. The number of anilines is 1. The summed E-state index contributed by atoms with van der Waals surface area (Å²) in [5.74, 6) is 1.81. The second-order valence-electron chi connectivity index (χ2n) is 6.68. The van der Waals surface area contributed by atoms with Crippen molar-refractivity contribution in [2.24, 2.45) is 0 Å². The van der Waals surface area contributed by atoms with Crippen LogP contribution in [0.2, 0.25) is 0 Å². The predicted molar refractivity (Wildman–Crippen MR) is 101 cm³/mol. The first-order chi connectivity index (χ1) is 13.6. The van der Waals surface area contributed by atoms with Crippen LogP contribution in [0.25, 0.3) is 0 Å². The van der Waals surface area contributed by atoms with E-state index < -0.39 is 5.97 Å². The Morgan fingerprint density at radius 1 is 1.14 bits per heavy atom. The van der Waals surface area contributed by atoms with Gasteiger partial charge in [-0.2, -0.15) is 5.10 Å². The van der Waals surface area contributed by atoms with E-state index in [2.05, 4.69) is 25.7 Å². The molecule has 1 saturated heterocycles. The Morgan fingerprint density at radius 3 is 2.75 bits per heavy atom. The summed E-state index contributed by atoms with van der Waals surface area (Å²) in [6, 6.07) is 9.08. The van der Waals surface area contributed by atoms with Gasteiger partial charge in [-0.3, -0.25) is 14.5 Å². The highest BCUT2D eigenvalue weighted by atomic mass is 16.7. The van der Waals surface area contributed by atoms with E-state index in [1.54, 1.807) is 6.07 Å². The number of hydrogen-bond acceptors (Lipinski definition) is 8. The first-order valence-electron chi connectivity index (χ1n) is 9.14. The van der Waals surface area contributed by atoms with Gasteiger partial charge in [-0.1, -0.05) is 12.1 Å². The standard InChI is InChI=1S/C19H22N4O5/c1-26-18(25)12-23-17(24)6-5-16(20-23)22-9-7-21(8-10-22)11-14-3-2-4-15-19(14)28-13-27-15/h2-6H,7-13H2,1H3. The smallest absolute Gasteiger partial charge is 0.327 e. The predicted octanol–water partition coefficient (Wildman–Crippen LogP) is 0.467. The molecule has 3 heterocycles. The van der Waals surface area contributed by atoms with Crippen molar-refractivity contribution in [2.75, 3.05) is 45.0 Å². The van der Waals surface area contributed by atoms with Crippen LogP contribution in [0.4, 0.5) is 5.82 Å². The quantitative estimate of drug-likeness (QED) is 0.686. The van der Waals surface area contributed by atoms with Crippen LogP contribution < -0.4 is 19.9 Å². The summed E-state index contributed by atoms with van der Waals surface area (Å²) >= 11 is 0. The Hall–Kier alpha value is -3.07. The van der Waals surface area contributed by atoms with Crippen molar-refractivity contribution in [2.45, 2.75) is 13.1 Å². The Balaban J connectivity index is 1.39. The molecule has 0 saturated carbocycles. The second kappa shape index (κ2) is 7.89. The Bertz CT molecular complexity index is 921. The molecule has 2 aliphatic heterocycles. The minimum atomic E-state index is -0.502. The highest BCUT2D eigenvalue weighted by Gasteiger charge is 2.23. The van der Waals surface area contributed by atoms with E-state index in [-0.39, 0.29) is 18.9 Å². The number of para-hydroxylation sites is 1. The van der Waals surface area contributed by atoms with E-state index in [9.17, 15) is 9.59 Å². The zero-order chi connectivity index (χ0) is 19.5. The average molecular weight is 386 g/mol. The number of rotatable bonds is 5. The van der Waals surface area contributed by atoms with Crippen LogP contribution in [0.1, 0.15) is 5.56 Å². The van der Waals surface area contributed by atoms with Gasteiger partial charge in [-0.05, 0) is 12.1 Å². The lowest BCUT2D eigenvalue weighted by Gasteiger charge is -2.35. The molecule has 0 radical (unpaired) electrons. The van der Waals surface area contributed by atoms with Gasteiger partial charge < -0.3 is 19.1 Å². The summed E-state index contributed by atoms with van der Waals surface area (Å²) in [6.07, 6.45) is 0. The molecular formula is C19H22N4O5. The van der Waals surface area contributed by atoms with Crippen LogP contribution >= 0.6 is 0 Å². The summed E-state index contributed by atoms with van der Waals surface area (Å²) in [7, 11) is 1.29. The van der Waals surface area contributed by atoms with Crippen molar-refractivity contribution in [3.05, 3.63) is 46.2 Å². The van der Waals surface area contributed by atoms with E-state index >= 15 is 0 Å². The molecule has 0 bridgehead atoms. The fourth-order valence-corrected chi connectivity index (χ4v) is 3.40. The van der Waals surface area contributed by atoms with Crippen molar-refractivity contribution in [1.82, 2.24) is 14.7 Å². The van der Waals surface area contributed by atoms with Gasteiger partial charge in [-0.25, -0.2) is 4.68 Å². The lowest BCUT2D eigenvalue weighted by Crippen LogP contribution is -2.46. The monoisotopic (exact) mass is 386 g/mol. The van der Waals surface area contributed by atoms with Crippen LogP contribution in [-0.4, -0.2) is 60.7 Å². The van der Waals surface area contributed by atoms with Gasteiger partial charge in [0.25, 0.3) is 5.56 Å². The fraction of sp³-hybridized carbons (Fsp3) is 0.421. The molecule has 28 heavy (non-hydrogen) atoms. The first-order valence-corrected chi connectivity index (χ1v) is 9.14. The molecule has 2 aliphatic rings. The van der Waals surface area contributed by atoms with Crippen molar-refractivity contribution in [3.63, 3.8) is 0 Å². The van der Waals surface area contributed by atoms with Crippen molar-refractivity contribution < 1.29 is 19.0 Å². The fourth-order valence-electron chi connectivity index (χ4n) is 3.40. The highest BCUT2D eigenvalue weighted by molar-refractivity contribution is 5.68. The summed E-state index contributed by atoms with van der Waals surface area (Å²) in [5, 5.41) is 4.31. The number of piperazine rings is 1. The van der Waals surface area contributed by atoms with E-state index in [4.69, 9.17) is 9.47 Å². The van der Waals surface area contributed by atoms with Crippen LogP contribution in [0, 0.1) is 0 Å². The molecule has 0 atom stereocenters. The number of methoxy groups -OCH3 is 1. The lowest BCUT2D eigenvalue weighted by atomic mass is 10.1. The van der Waals surface area contributed by atoms with E-state index in [0.29, 0.717) is 5.82 Å². The third kappa shape index (κ3) is 3.79. The molecule has 0 aliphatic carbocycles. The number of nitrogens with zero attached hydrogens (tertiary/aromatic N) is 4. The van der Waals surface area contributed by atoms with Crippen molar-refractivity contribution in [3.8, 4) is 11.5 Å². The van der Waals surface area contributed by atoms with Gasteiger partial charge in [0, 0.05) is 44.4 Å². The van der Waals surface area contributed by atoms with E-state index in [1.807, 2.05) is 12.1 Å². The summed E-state index contributed by atoms with van der Waals surface area (Å²) in [5.41, 5.74) is 0.793. The topological polar surface area (TPSA) is 86.1 Å². The lowest BCUT2D eigenvalue weighted by molar-refractivity contribution is -0.141. The molecule has 1 aromatic heterocycles. The zero-order valence-electron chi connectivity index (χ0n) is 15.7. The van der Waals surface area contributed by atoms with Crippen LogP contribution in [0.3, 0.4) is 0 Å². The zero-order valence-corrected chi connectivity index (χ0v) is 15.7. The van der Waals surface area contributed by atoms with Gasteiger partial charge >= 0.3 is 5.97 Å². The maximum Gasteiger partial charge on any atom is 0.327 e. The SMILES string of the molecule is COC(=O)Cn1nc(N2CCN(Cc3cccc4c3OCO4)CC2)ccc1=O. The molecular weight excluding hydrogens is 364 g/mol. The Kier molecular flexibility index (Phi) is 5.16. The molecule has 148 valence electrons. The normalized spacial score (nSPS) is 16.2. The summed E-state index contributed by atoms with van der Waals surface area (Å²) in [6.45, 7) is 4.11. The van der Waals surface area contributed by atoms with E-state index in [0.717, 1.165) is 54.5 Å². The molecule has 9 nitrogen and oxygen atoms in total. The minimum Gasteiger partial charge on any atom is -0.468 e. The Morgan fingerprint density at radius 2 is 1.96 bits per heavy atom. The first kappa shape index (κ1) is 18.3. The molecule has 0 spiro atoms. The molecule has 4 rings (SSSR count). The summed E-state index contributed by atoms with van der Waals surface area (Å²) < 4.78 is 16.8. The molecule has 0 unspecified atom stereocenters. The number of aromatic nitrogens is 2. The largest absolute Gasteiger partial charge is 0.468 e. The number of carbonyl (C=O) groups is 1. The Labute approximate surface area is 162 Å². The van der Waals surface area contributed by atoms with Crippen LogP contribution in [0.5, 0.6) is 11.5 Å². The number of esters is 1. The number of benzene rings is 1. The van der Waals surface area contributed by atoms with E-state index in [1.165, 1.54) is 13.2 Å². The minimum absolute atomic E-state index is 0.190. The number of fused-ring (bicyclic) bond motifs is 1. The maximum atomic E-state index is 11.9. The third-order valence-corrected chi connectivity index (χ3v) is 4.93. The van der Waals surface area contributed by atoms with Crippen LogP contribution in [0.15, 0.2) is 35.1 Å². The number of carbonyl (C=O) groups excluding carboxylic acids is 1. The molecule has 0 amide bonds. The molecule has 9 heteroatoms. The number of ether oxygens (including phenoxy) is 3. The third-order valence-electron chi connectivity index (χ3n) is 4.93. The summed E-state index contributed by atoms with van der Waals surface area (Å²) in [4.78, 5) is 27.8.